The maximum Gasteiger partial charge on any atom is 0.263 e. The highest BCUT2D eigenvalue weighted by atomic mass is 32.2. The molecule has 0 amide bonds. The van der Waals surface area contributed by atoms with Crippen LogP contribution < -0.4 is 0 Å². The fraction of sp³-hybridized carbons (Fsp3) is 0.895. The van der Waals surface area contributed by atoms with Crippen LogP contribution in [0.25, 0.3) is 0 Å². The molecule has 2 unspecified atom stereocenters. The standard InChI is InChI=1S/C19H36N2O3S2/c1-3-4-5-6-7-8-9-10-11-12-14-18(25)21(26(23)24)19(2,17-20)15-13-16-22/h22H,3-16H2,1-2H3,(H,23,24). The summed E-state index contributed by atoms with van der Waals surface area (Å²) in [5.74, 6) is 0. The van der Waals surface area contributed by atoms with Gasteiger partial charge in [-0.1, -0.05) is 76.9 Å². The van der Waals surface area contributed by atoms with Crippen molar-refractivity contribution >= 4 is 28.5 Å². The normalized spacial score (nSPS) is 14.4. The Kier molecular flexibility index (Phi) is 15.2. The molecule has 0 aliphatic rings. The third-order valence-corrected chi connectivity index (χ3v) is 6.08. The fourth-order valence-corrected chi connectivity index (χ4v) is 4.31. The van der Waals surface area contributed by atoms with Crippen molar-refractivity contribution in [3.8, 4) is 6.07 Å². The number of hydrogen-bond acceptors (Lipinski definition) is 4. The van der Waals surface area contributed by atoms with Gasteiger partial charge in [-0.3, -0.25) is 4.55 Å². The van der Waals surface area contributed by atoms with E-state index in [4.69, 9.17) is 17.3 Å². The van der Waals surface area contributed by atoms with Gasteiger partial charge in [0.05, 0.1) is 11.1 Å². The lowest BCUT2D eigenvalue weighted by Crippen LogP contribution is -2.49. The Balaban J connectivity index is 4.17. The second-order valence-electron chi connectivity index (χ2n) is 7.06. The molecule has 0 bridgehead atoms. The molecule has 2 N–H and O–H groups in total. The molecule has 7 heteroatoms. The van der Waals surface area contributed by atoms with Gasteiger partial charge in [-0.15, -0.1) is 0 Å². The van der Waals surface area contributed by atoms with E-state index in [1.165, 1.54) is 44.9 Å². The Labute approximate surface area is 167 Å². The summed E-state index contributed by atoms with van der Waals surface area (Å²) < 4.78 is 22.5. The Morgan fingerprint density at radius 1 is 1.08 bits per heavy atom. The zero-order valence-corrected chi connectivity index (χ0v) is 18.0. The van der Waals surface area contributed by atoms with Crippen LogP contribution in [-0.2, 0) is 11.3 Å². The number of thiocarbonyl (C=S) groups is 1. The van der Waals surface area contributed by atoms with E-state index < -0.39 is 16.8 Å². The van der Waals surface area contributed by atoms with E-state index >= 15 is 0 Å². The number of aliphatic hydroxyl groups excluding tert-OH is 1. The van der Waals surface area contributed by atoms with Crippen molar-refractivity contribution in [1.29, 1.82) is 5.26 Å². The predicted molar refractivity (Wildman–Crippen MR) is 112 cm³/mol. The van der Waals surface area contributed by atoms with Crippen LogP contribution in [0.1, 0.15) is 97.3 Å². The van der Waals surface area contributed by atoms with Crippen LogP contribution in [0, 0.1) is 11.3 Å². The number of rotatable bonds is 16. The summed E-state index contributed by atoms with van der Waals surface area (Å²) in [4.78, 5) is 0.354. The number of nitrogens with zero attached hydrogens (tertiary/aromatic N) is 2. The molecular formula is C19H36N2O3S2. The second-order valence-corrected chi connectivity index (χ2v) is 8.36. The first kappa shape index (κ1) is 25.4. The van der Waals surface area contributed by atoms with Crippen LogP contribution in [-0.4, -0.2) is 35.3 Å². The summed E-state index contributed by atoms with van der Waals surface area (Å²) in [6.45, 7) is 3.76. The fourth-order valence-electron chi connectivity index (χ4n) is 3.03. The Bertz CT molecular complexity index is 455. The number of aliphatic hydroxyl groups is 1. The molecule has 0 spiro atoms. The van der Waals surface area contributed by atoms with Crippen LogP contribution in [0.2, 0.25) is 0 Å². The average molecular weight is 405 g/mol. The van der Waals surface area contributed by atoms with Gasteiger partial charge in [-0.2, -0.15) is 5.26 Å². The summed E-state index contributed by atoms with van der Waals surface area (Å²) in [6.07, 6.45) is 13.4. The van der Waals surface area contributed by atoms with Crippen LogP contribution in [0.3, 0.4) is 0 Å². The van der Waals surface area contributed by atoms with Crippen molar-refractivity contribution in [3.05, 3.63) is 0 Å². The lowest BCUT2D eigenvalue weighted by atomic mass is 9.97. The van der Waals surface area contributed by atoms with Gasteiger partial charge in [0, 0.05) is 6.61 Å². The van der Waals surface area contributed by atoms with Crippen molar-refractivity contribution in [1.82, 2.24) is 4.31 Å². The van der Waals surface area contributed by atoms with Gasteiger partial charge in [-0.05, 0) is 32.6 Å². The summed E-state index contributed by atoms with van der Waals surface area (Å²) in [6, 6.07) is 2.09. The molecule has 5 nitrogen and oxygen atoms in total. The monoisotopic (exact) mass is 404 g/mol. The van der Waals surface area contributed by atoms with Crippen LogP contribution >= 0.6 is 12.2 Å². The molecule has 0 aromatic carbocycles. The topological polar surface area (TPSA) is 84.6 Å². The summed E-state index contributed by atoms with van der Waals surface area (Å²) in [7, 11) is 0. The largest absolute Gasteiger partial charge is 0.396 e. The van der Waals surface area contributed by atoms with Gasteiger partial charge >= 0.3 is 0 Å². The number of unbranched alkanes of at least 4 members (excludes halogenated alkanes) is 9. The molecule has 0 aromatic rings. The van der Waals surface area contributed by atoms with Gasteiger partial charge in [0.15, 0.2) is 0 Å². The van der Waals surface area contributed by atoms with E-state index in [2.05, 4.69) is 13.0 Å². The quantitative estimate of drug-likeness (QED) is 0.212. The third-order valence-electron chi connectivity index (χ3n) is 4.64. The van der Waals surface area contributed by atoms with Crippen molar-refractivity contribution < 1.29 is 13.9 Å². The maximum absolute atomic E-state index is 11.7. The zero-order valence-electron chi connectivity index (χ0n) is 16.4. The minimum atomic E-state index is -2.33. The van der Waals surface area contributed by atoms with Gasteiger partial charge in [0.25, 0.3) is 11.3 Å². The Morgan fingerprint density at radius 2 is 1.58 bits per heavy atom. The maximum atomic E-state index is 11.7. The third kappa shape index (κ3) is 10.6. The minimum absolute atomic E-state index is 0.0611. The molecule has 0 aromatic heterocycles. The molecule has 0 rings (SSSR count). The molecule has 152 valence electrons. The molecule has 0 saturated carbocycles. The van der Waals surface area contributed by atoms with Crippen LogP contribution in [0.5, 0.6) is 0 Å². The van der Waals surface area contributed by atoms with E-state index in [1.807, 2.05) is 0 Å². The second kappa shape index (κ2) is 15.5. The molecule has 26 heavy (non-hydrogen) atoms. The number of hydrogen-bond donors (Lipinski definition) is 2. The molecule has 0 aliphatic heterocycles. The van der Waals surface area contributed by atoms with Crippen molar-refractivity contribution in [2.75, 3.05) is 6.61 Å². The number of nitriles is 1. The SMILES string of the molecule is CCCCCCCCCCCCC(=S)N(S(=O)O)C(C)(C#N)CCCO. The lowest BCUT2D eigenvalue weighted by molar-refractivity contribution is 0.251. The highest BCUT2D eigenvalue weighted by molar-refractivity contribution is 7.83. The first-order valence-electron chi connectivity index (χ1n) is 9.89. The minimum Gasteiger partial charge on any atom is -0.396 e. The van der Waals surface area contributed by atoms with E-state index in [0.29, 0.717) is 24.3 Å². The van der Waals surface area contributed by atoms with Crippen molar-refractivity contribution in [3.63, 3.8) is 0 Å². The smallest absolute Gasteiger partial charge is 0.263 e. The van der Waals surface area contributed by atoms with E-state index in [9.17, 15) is 14.0 Å². The first-order valence-corrected chi connectivity index (χ1v) is 11.4. The molecule has 0 radical (unpaired) electrons. The molecule has 0 aliphatic carbocycles. The van der Waals surface area contributed by atoms with E-state index in [1.54, 1.807) is 6.92 Å². The van der Waals surface area contributed by atoms with Crippen molar-refractivity contribution in [2.24, 2.45) is 0 Å². The van der Waals surface area contributed by atoms with Crippen LogP contribution in [0.15, 0.2) is 0 Å². The zero-order chi connectivity index (χ0) is 19.8. The van der Waals surface area contributed by atoms with Gasteiger partial charge in [-0.25, -0.2) is 8.51 Å². The Hall–Kier alpha value is -0.550. The van der Waals surface area contributed by atoms with Gasteiger partial charge in [0.1, 0.15) is 5.54 Å². The highest BCUT2D eigenvalue weighted by Crippen LogP contribution is 2.24. The van der Waals surface area contributed by atoms with Crippen molar-refractivity contribution in [2.45, 2.75) is 103 Å². The van der Waals surface area contributed by atoms with Gasteiger partial charge in [0.2, 0.25) is 0 Å². The summed E-state index contributed by atoms with van der Waals surface area (Å²) in [5.41, 5.74) is -1.17. The first-order chi connectivity index (χ1) is 12.4. The molecule has 0 saturated heterocycles. The summed E-state index contributed by atoms with van der Waals surface area (Å²) in [5, 5.41) is 18.4. The molecule has 0 fully saturated rings. The highest BCUT2D eigenvalue weighted by Gasteiger charge is 2.36. The molecule has 2 atom stereocenters. The average Bonchev–Trinajstić information content (AvgIpc) is 2.61. The van der Waals surface area contributed by atoms with E-state index in [0.717, 1.165) is 23.6 Å². The molecular weight excluding hydrogens is 368 g/mol. The molecule has 0 heterocycles. The van der Waals surface area contributed by atoms with E-state index in [-0.39, 0.29) is 6.61 Å². The van der Waals surface area contributed by atoms with Crippen LogP contribution in [0.4, 0.5) is 0 Å². The Morgan fingerprint density at radius 3 is 2.00 bits per heavy atom. The summed E-state index contributed by atoms with van der Waals surface area (Å²) >= 11 is 3.00. The predicted octanol–water partition coefficient (Wildman–Crippen LogP) is 5.12. The lowest BCUT2D eigenvalue weighted by Gasteiger charge is -2.34. The van der Waals surface area contributed by atoms with Gasteiger partial charge < -0.3 is 5.11 Å².